The highest BCUT2D eigenvalue weighted by atomic mass is 32.2. The number of hydrogen-bond acceptors (Lipinski definition) is 6. The molecule has 0 saturated heterocycles. The molecule has 2 rings (SSSR count). The minimum atomic E-state index is -0.0654. The maximum absolute atomic E-state index is 12.2. The highest BCUT2D eigenvalue weighted by molar-refractivity contribution is 8.00. The zero-order valence-electron chi connectivity index (χ0n) is 13.5. The van der Waals surface area contributed by atoms with Gasteiger partial charge in [0.15, 0.2) is 0 Å². The highest BCUT2D eigenvalue weighted by Gasteiger charge is 2.19. The fourth-order valence-electron chi connectivity index (χ4n) is 2.20. The molecule has 5 nitrogen and oxygen atoms in total. The molecule has 0 aliphatic rings. The van der Waals surface area contributed by atoms with Crippen LogP contribution in [-0.4, -0.2) is 17.9 Å². The Bertz CT molecular complexity index is 671. The van der Waals surface area contributed by atoms with Crippen molar-refractivity contribution in [3.05, 3.63) is 40.9 Å². The number of rotatable bonds is 7. The van der Waals surface area contributed by atoms with Crippen LogP contribution in [0, 0.1) is 0 Å². The second-order valence-electron chi connectivity index (χ2n) is 4.70. The summed E-state index contributed by atoms with van der Waals surface area (Å²) in [5.41, 5.74) is 3.14. The summed E-state index contributed by atoms with van der Waals surface area (Å²) in [5.74, 6) is 0.684. The van der Waals surface area contributed by atoms with E-state index in [1.807, 2.05) is 24.4 Å². The van der Waals surface area contributed by atoms with Crippen molar-refractivity contribution in [3.63, 3.8) is 0 Å². The van der Waals surface area contributed by atoms with E-state index in [1.54, 1.807) is 36.3 Å². The molecule has 7 heteroatoms. The van der Waals surface area contributed by atoms with Crippen LogP contribution in [0.1, 0.15) is 31.4 Å². The van der Waals surface area contributed by atoms with Gasteiger partial charge in [-0.05, 0) is 23.6 Å². The average molecular weight is 348 g/mol. The summed E-state index contributed by atoms with van der Waals surface area (Å²) >= 11 is 3.30. The highest BCUT2D eigenvalue weighted by Crippen LogP contribution is 2.33. The van der Waals surface area contributed by atoms with E-state index in [0.717, 1.165) is 27.8 Å². The first kappa shape index (κ1) is 17.6. The number of hydrogen-bond donors (Lipinski definition) is 0. The molecule has 1 heterocycles. The Balaban J connectivity index is 2.38. The third-order valence-electron chi connectivity index (χ3n) is 3.32. The topological polar surface area (TPSA) is 57.9 Å². The maximum Gasteiger partial charge on any atom is 0.248 e. The minimum Gasteiger partial charge on any atom is -0.273 e. The molecular formula is C16H20N4OS2. The zero-order chi connectivity index (χ0) is 16.7. The number of aromatic nitrogens is 1. The van der Waals surface area contributed by atoms with E-state index in [2.05, 4.69) is 28.3 Å². The lowest BCUT2D eigenvalue weighted by Gasteiger charge is -2.20. The van der Waals surface area contributed by atoms with Crippen LogP contribution in [0.25, 0.3) is 0 Å². The van der Waals surface area contributed by atoms with Crippen molar-refractivity contribution in [2.45, 2.75) is 36.8 Å². The van der Waals surface area contributed by atoms with Crippen LogP contribution in [0.4, 0.5) is 5.69 Å². The number of thioether (sulfide) groups is 1. The summed E-state index contributed by atoms with van der Waals surface area (Å²) in [6.07, 6.45) is 3.09. The first-order valence-electron chi connectivity index (χ1n) is 7.47. The van der Waals surface area contributed by atoms with Gasteiger partial charge in [-0.25, -0.2) is 4.98 Å². The molecule has 1 aromatic heterocycles. The fourth-order valence-corrected chi connectivity index (χ4v) is 3.92. The average Bonchev–Trinajstić information content (AvgIpc) is 3.10. The van der Waals surface area contributed by atoms with Crippen LogP contribution in [0.2, 0.25) is 0 Å². The maximum atomic E-state index is 12.2. The van der Waals surface area contributed by atoms with Crippen LogP contribution in [0.15, 0.2) is 44.5 Å². The third kappa shape index (κ3) is 4.39. The molecule has 0 aliphatic carbocycles. The first-order valence-corrected chi connectivity index (χ1v) is 9.33. The van der Waals surface area contributed by atoms with Crippen molar-refractivity contribution in [2.75, 3.05) is 12.1 Å². The van der Waals surface area contributed by atoms with Crippen LogP contribution < -0.4 is 5.01 Å². The van der Waals surface area contributed by atoms with Gasteiger partial charge in [0.05, 0.1) is 12.7 Å². The number of carbonyl (C=O) groups excluding carboxylic acids is 1. The lowest BCUT2D eigenvalue weighted by molar-refractivity contribution is -0.118. The quantitative estimate of drug-likeness (QED) is 0.412. The summed E-state index contributed by atoms with van der Waals surface area (Å²) < 4.78 is 1.02. The predicted molar refractivity (Wildman–Crippen MR) is 96.1 cm³/mol. The number of amides is 1. The molecule has 0 spiro atoms. The fraction of sp³-hybridized carbons (Fsp3) is 0.375. The molecule has 0 N–H and O–H groups in total. The van der Waals surface area contributed by atoms with Crippen LogP contribution in [0.5, 0.6) is 0 Å². The van der Waals surface area contributed by atoms with Gasteiger partial charge in [0.2, 0.25) is 5.91 Å². The van der Waals surface area contributed by atoms with Crippen molar-refractivity contribution >= 4 is 34.7 Å². The lowest BCUT2D eigenvalue weighted by atomic mass is 10.0. The molecule has 0 saturated carbocycles. The van der Waals surface area contributed by atoms with E-state index in [1.165, 1.54) is 10.6 Å². The van der Waals surface area contributed by atoms with Gasteiger partial charge in [-0.3, -0.25) is 4.79 Å². The molecule has 2 aromatic rings. The molecule has 0 bridgehead atoms. The number of nitrogens with zero attached hydrogens (tertiary/aromatic N) is 4. The molecule has 122 valence electrons. The van der Waals surface area contributed by atoms with Crippen molar-refractivity contribution in [2.24, 2.45) is 10.3 Å². The number of benzene rings is 1. The lowest BCUT2D eigenvalue weighted by Crippen LogP contribution is -2.25. The Morgan fingerprint density at radius 3 is 2.83 bits per heavy atom. The monoisotopic (exact) mass is 348 g/mol. The van der Waals surface area contributed by atoms with Gasteiger partial charge in [0.25, 0.3) is 0 Å². The standard InChI is InChI=1S/C16H20N4OS2/c1-4-12-7-6-8-14(20(19-17-3)15(21)5-2)13(12)11-23-16-18-9-10-22-16/h6-10H,4-5,11H2,1-3H3. The molecule has 1 aromatic carbocycles. The van der Waals surface area contributed by atoms with Crippen molar-refractivity contribution < 1.29 is 4.79 Å². The van der Waals surface area contributed by atoms with Crippen LogP contribution in [-0.2, 0) is 17.0 Å². The molecule has 0 aliphatic heterocycles. The van der Waals surface area contributed by atoms with E-state index in [9.17, 15) is 4.79 Å². The van der Waals surface area contributed by atoms with E-state index < -0.39 is 0 Å². The Morgan fingerprint density at radius 2 is 2.22 bits per heavy atom. The molecular weight excluding hydrogens is 328 g/mol. The smallest absolute Gasteiger partial charge is 0.248 e. The summed E-state index contributed by atoms with van der Waals surface area (Å²) in [6.45, 7) is 3.94. The number of thiazole rings is 1. The molecule has 0 atom stereocenters. The summed E-state index contributed by atoms with van der Waals surface area (Å²) in [6, 6.07) is 5.99. The van der Waals surface area contributed by atoms with E-state index in [0.29, 0.717) is 6.42 Å². The van der Waals surface area contributed by atoms with Gasteiger partial charge in [-0.2, -0.15) is 10.1 Å². The SMILES string of the molecule is CCC(=O)N(N=NC)c1cccc(CC)c1CSc1nccs1. The van der Waals surface area contributed by atoms with Crippen molar-refractivity contribution in [1.82, 2.24) is 4.98 Å². The van der Waals surface area contributed by atoms with Gasteiger partial charge in [0.1, 0.15) is 4.34 Å². The number of carbonyl (C=O) groups is 1. The normalized spacial score (nSPS) is 11.1. The summed E-state index contributed by atoms with van der Waals surface area (Å²) in [7, 11) is 1.57. The zero-order valence-corrected chi connectivity index (χ0v) is 15.2. The van der Waals surface area contributed by atoms with E-state index >= 15 is 0 Å². The van der Waals surface area contributed by atoms with E-state index in [4.69, 9.17) is 0 Å². The Kier molecular flexibility index (Phi) is 6.73. The first-order chi connectivity index (χ1) is 11.2. The second kappa shape index (κ2) is 8.79. The predicted octanol–water partition coefficient (Wildman–Crippen LogP) is 4.74. The molecule has 0 radical (unpaired) electrons. The van der Waals surface area contributed by atoms with Gasteiger partial charge in [-0.1, -0.05) is 43.0 Å². The number of aryl methyl sites for hydroxylation is 1. The van der Waals surface area contributed by atoms with Gasteiger partial charge in [-0.15, -0.1) is 11.3 Å². The Hall–Kier alpha value is -1.73. The third-order valence-corrected chi connectivity index (χ3v) is 5.32. The molecule has 0 fully saturated rings. The Morgan fingerprint density at radius 1 is 1.39 bits per heavy atom. The van der Waals surface area contributed by atoms with Gasteiger partial charge < -0.3 is 0 Å². The largest absolute Gasteiger partial charge is 0.273 e. The summed E-state index contributed by atoms with van der Waals surface area (Å²) in [4.78, 5) is 16.6. The Labute approximate surface area is 144 Å². The van der Waals surface area contributed by atoms with Crippen molar-refractivity contribution in [3.8, 4) is 0 Å². The van der Waals surface area contributed by atoms with Crippen LogP contribution >= 0.6 is 23.1 Å². The molecule has 23 heavy (non-hydrogen) atoms. The number of anilines is 1. The second-order valence-corrected chi connectivity index (χ2v) is 6.82. The minimum absolute atomic E-state index is 0.0654. The molecule has 0 unspecified atom stereocenters. The summed E-state index contributed by atoms with van der Waals surface area (Å²) in [5, 5.41) is 11.2. The molecule has 1 amide bonds. The van der Waals surface area contributed by atoms with Gasteiger partial charge >= 0.3 is 0 Å². The van der Waals surface area contributed by atoms with Gasteiger partial charge in [0, 0.05) is 23.8 Å². The van der Waals surface area contributed by atoms with Crippen molar-refractivity contribution in [1.29, 1.82) is 0 Å². The van der Waals surface area contributed by atoms with E-state index in [-0.39, 0.29) is 5.91 Å². The van der Waals surface area contributed by atoms with Crippen LogP contribution in [0.3, 0.4) is 0 Å².